The summed E-state index contributed by atoms with van der Waals surface area (Å²) in [5.41, 5.74) is 0. The molecule has 0 spiro atoms. The van der Waals surface area contributed by atoms with Gasteiger partial charge >= 0.3 is 11.5 Å². The second-order valence-electron chi connectivity index (χ2n) is 3.08. The fourth-order valence-corrected chi connectivity index (χ4v) is 1.56. The summed E-state index contributed by atoms with van der Waals surface area (Å²) >= 11 is 5.09. The van der Waals surface area contributed by atoms with Gasteiger partial charge in [-0.25, -0.2) is 0 Å². The fraction of sp³-hybridized carbons (Fsp3) is 0.857. The summed E-state index contributed by atoms with van der Waals surface area (Å²) < 4.78 is 36.6. The number of piperidine rings is 1. The SMILES string of the molecule is O=C(Cl)N1CCCC(C(F)(F)F)C1. The molecular formula is C7H9ClF3NO. The Morgan fingerprint density at radius 3 is 2.54 bits per heavy atom. The number of halogens is 4. The standard InChI is InChI=1S/C7H9ClF3NO/c8-6(13)12-3-1-2-5(4-12)7(9,10)11/h5H,1-4H2. The van der Waals surface area contributed by atoms with E-state index in [1.165, 1.54) is 0 Å². The van der Waals surface area contributed by atoms with Crippen LogP contribution in [0.1, 0.15) is 12.8 Å². The molecule has 2 nitrogen and oxygen atoms in total. The first-order valence-corrected chi connectivity index (χ1v) is 4.30. The Kier molecular flexibility index (Phi) is 3.05. The quantitative estimate of drug-likeness (QED) is 0.449. The van der Waals surface area contributed by atoms with Gasteiger partial charge in [-0.2, -0.15) is 13.2 Å². The molecule has 0 aromatic rings. The number of amides is 1. The van der Waals surface area contributed by atoms with Crippen molar-refractivity contribution >= 4 is 17.0 Å². The molecule has 1 rings (SSSR count). The summed E-state index contributed by atoms with van der Waals surface area (Å²) in [5, 5.41) is -0.797. The lowest BCUT2D eigenvalue weighted by Crippen LogP contribution is -2.42. The minimum Gasteiger partial charge on any atom is -0.329 e. The number of carbonyl (C=O) groups is 1. The second-order valence-corrected chi connectivity index (χ2v) is 3.40. The number of hydrogen-bond acceptors (Lipinski definition) is 1. The highest BCUT2D eigenvalue weighted by molar-refractivity contribution is 6.62. The zero-order valence-electron chi connectivity index (χ0n) is 6.77. The Labute approximate surface area is 78.6 Å². The average molecular weight is 216 g/mol. The van der Waals surface area contributed by atoms with Gasteiger partial charge in [-0.1, -0.05) is 0 Å². The highest BCUT2D eigenvalue weighted by Gasteiger charge is 2.42. The molecule has 1 amide bonds. The largest absolute Gasteiger partial charge is 0.393 e. The van der Waals surface area contributed by atoms with Gasteiger partial charge in [0.15, 0.2) is 0 Å². The molecule has 1 aliphatic rings. The van der Waals surface area contributed by atoms with Crippen LogP contribution in [0.5, 0.6) is 0 Å². The van der Waals surface area contributed by atoms with Crippen LogP contribution in [0.15, 0.2) is 0 Å². The van der Waals surface area contributed by atoms with Crippen molar-refractivity contribution in [3.05, 3.63) is 0 Å². The Bertz CT molecular complexity index is 206. The fourth-order valence-electron chi connectivity index (χ4n) is 1.40. The van der Waals surface area contributed by atoms with Crippen LogP contribution >= 0.6 is 11.6 Å². The van der Waals surface area contributed by atoms with E-state index in [0.717, 1.165) is 4.90 Å². The first-order valence-electron chi connectivity index (χ1n) is 3.92. The number of likely N-dealkylation sites (tertiary alicyclic amines) is 1. The molecule has 1 aliphatic heterocycles. The number of nitrogens with zero attached hydrogens (tertiary/aromatic N) is 1. The van der Waals surface area contributed by atoms with Crippen LogP contribution in [0.25, 0.3) is 0 Å². The molecule has 0 radical (unpaired) electrons. The van der Waals surface area contributed by atoms with Gasteiger partial charge in [0.1, 0.15) is 0 Å². The van der Waals surface area contributed by atoms with Gasteiger partial charge in [-0.3, -0.25) is 4.79 Å². The Hall–Kier alpha value is -0.450. The second kappa shape index (κ2) is 3.74. The van der Waals surface area contributed by atoms with Gasteiger partial charge < -0.3 is 4.90 Å². The summed E-state index contributed by atoms with van der Waals surface area (Å²) in [6.07, 6.45) is -3.77. The van der Waals surface area contributed by atoms with E-state index in [1.807, 2.05) is 0 Å². The summed E-state index contributed by atoms with van der Waals surface area (Å²) in [6, 6.07) is 0. The molecule has 6 heteroatoms. The number of hydrogen-bond donors (Lipinski definition) is 0. The molecule has 1 atom stereocenters. The summed E-state index contributed by atoms with van der Waals surface area (Å²) in [5.74, 6) is -1.41. The smallest absolute Gasteiger partial charge is 0.329 e. The molecule has 0 saturated carbocycles. The van der Waals surface area contributed by atoms with Crippen LogP contribution in [0.3, 0.4) is 0 Å². The summed E-state index contributed by atoms with van der Waals surface area (Å²) in [7, 11) is 0. The van der Waals surface area contributed by atoms with E-state index in [0.29, 0.717) is 13.0 Å². The van der Waals surface area contributed by atoms with Crippen molar-refractivity contribution < 1.29 is 18.0 Å². The number of alkyl halides is 3. The third-order valence-electron chi connectivity index (χ3n) is 2.13. The molecule has 1 unspecified atom stereocenters. The zero-order valence-corrected chi connectivity index (χ0v) is 7.53. The molecule has 13 heavy (non-hydrogen) atoms. The monoisotopic (exact) mass is 215 g/mol. The van der Waals surface area contributed by atoms with E-state index >= 15 is 0 Å². The van der Waals surface area contributed by atoms with E-state index < -0.39 is 17.5 Å². The molecule has 1 heterocycles. The molecule has 76 valence electrons. The molecule has 0 aromatic carbocycles. The summed E-state index contributed by atoms with van der Waals surface area (Å²) in [4.78, 5) is 11.6. The van der Waals surface area contributed by atoms with Crippen molar-refractivity contribution in [2.75, 3.05) is 13.1 Å². The van der Waals surface area contributed by atoms with Crippen LogP contribution in [0.4, 0.5) is 18.0 Å². The normalized spacial score (nSPS) is 24.6. The third kappa shape index (κ3) is 2.76. The first-order chi connectivity index (χ1) is 5.91. The number of rotatable bonds is 0. The predicted molar refractivity (Wildman–Crippen MR) is 41.6 cm³/mol. The topological polar surface area (TPSA) is 20.3 Å². The lowest BCUT2D eigenvalue weighted by molar-refractivity contribution is -0.183. The van der Waals surface area contributed by atoms with Gasteiger partial charge in [0, 0.05) is 13.1 Å². The average Bonchev–Trinajstić information content (AvgIpc) is 2.03. The molecule has 0 N–H and O–H groups in total. The van der Waals surface area contributed by atoms with E-state index in [4.69, 9.17) is 11.6 Å². The van der Waals surface area contributed by atoms with E-state index in [9.17, 15) is 18.0 Å². The zero-order chi connectivity index (χ0) is 10.1. The van der Waals surface area contributed by atoms with Gasteiger partial charge in [-0.15, -0.1) is 0 Å². The van der Waals surface area contributed by atoms with Crippen LogP contribution in [0.2, 0.25) is 0 Å². The Morgan fingerprint density at radius 2 is 2.08 bits per heavy atom. The van der Waals surface area contributed by atoms with Crippen molar-refractivity contribution in [1.82, 2.24) is 4.90 Å². The maximum Gasteiger partial charge on any atom is 0.393 e. The van der Waals surface area contributed by atoms with Crippen molar-refractivity contribution in [3.63, 3.8) is 0 Å². The molecular weight excluding hydrogens is 207 g/mol. The summed E-state index contributed by atoms with van der Waals surface area (Å²) in [6.45, 7) is 0.0285. The van der Waals surface area contributed by atoms with Crippen molar-refractivity contribution in [2.45, 2.75) is 19.0 Å². The first kappa shape index (κ1) is 10.6. The molecule has 1 saturated heterocycles. The van der Waals surface area contributed by atoms with Crippen LogP contribution < -0.4 is 0 Å². The van der Waals surface area contributed by atoms with Crippen LogP contribution in [0, 0.1) is 5.92 Å². The molecule has 0 aliphatic carbocycles. The van der Waals surface area contributed by atoms with Gasteiger partial charge in [0.2, 0.25) is 0 Å². The van der Waals surface area contributed by atoms with Crippen LogP contribution in [-0.2, 0) is 0 Å². The van der Waals surface area contributed by atoms with E-state index in [1.54, 1.807) is 0 Å². The molecule has 0 bridgehead atoms. The number of carbonyl (C=O) groups excluding carboxylic acids is 1. The Morgan fingerprint density at radius 1 is 1.46 bits per heavy atom. The predicted octanol–water partition coefficient (Wildman–Crippen LogP) is 2.62. The van der Waals surface area contributed by atoms with E-state index in [-0.39, 0.29) is 13.0 Å². The maximum atomic E-state index is 12.2. The van der Waals surface area contributed by atoms with Gasteiger partial charge in [-0.05, 0) is 24.4 Å². The lowest BCUT2D eigenvalue weighted by atomic mass is 9.98. The Balaban J connectivity index is 2.57. The van der Waals surface area contributed by atoms with Crippen molar-refractivity contribution in [3.8, 4) is 0 Å². The van der Waals surface area contributed by atoms with Crippen LogP contribution in [-0.4, -0.2) is 29.5 Å². The minimum atomic E-state index is -4.22. The van der Waals surface area contributed by atoms with Gasteiger partial charge in [0.05, 0.1) is 5.92 Å². The highest BCUT2D eigenvalue weighted by atomic mass is 35.5. The maximum absolute atomic E-state index is 12.2. The highest BCUT2D eigenvalue weighted by Crippen LogP contribution is 2.33. The van der Waals surface area contributed by atoms with Crippen molar-refractivity contribution in [2.24, 2.45) is 5.92 Å². The lowest BCUT2D eigenvalue weighted by Gasteiger charge is -2.32. The van der Waals surface area contributed by atoms with Gasteiger partial charge in [0.25, 0.3) is 0 Å². The molecule has 0 aromatic heterocycles. The van der Waals surface area contributed by atoms with Crippen molar-refractivity contribution in [1.29, 1.82) is 0 Å². The van der Waals surface area contributed by atoms with E-state index in [2.05, 4.69) is 0 Å². The third-order valence-corrected chi connectivity index (χ3v) is 2.37. The molecule has 1 fully saturated rings. The minimum absolute atomic E-state index is 0.0875.